The summed E-state index contributed by atoms with van der Waals surface area (Å²) < 4.78 is 5.31. The van der Waals surface area contributed by atoms with Crippen LogP contribution in [0.2, 0.25) is 0 Å². The highest BCUT2D eigenvalue weighted by molar-refractivity contribution is 6.61. The highest BCUT2D eigenvalue weighted by Crippen LogP contribution is 2.30. The lowest BCUT2D eigenvalue weighted by atomic mass is 9.78. The Bertz CT molecular complexity index is 1160. The number of hydrogen-bond acceptors (Lipinski definition) is 4. The van der Waals surface area contributed by atoms with Crippen molar-refractivity contribution in [2.45, 2.75) is 31.9 Å². The molecule has 2 aliphatic rings. The molecule has 1 saturated heterocycles. The maximum atomic E-state index is 13.3. The fraction of sp³-hybridized carbons (Fsp3) is 0.296. The molecule has 2 N–H and O–H groups in total. The first-order valence-corrected chi connectivity index (χ1v) is 11.7. The molecule has 0 unspecified atom stereocenters. The number of carbonyl (C=O) groups is 1. The second-order valence-corrected chi connectivity index (χ2v) is 9.00. The molecule has 5 rings (SSSR count). The van der Waals surface area contributed by atoms with Gasteiger partial charge in [0.05, 0.1) is 6.61 Å². The zero-order valence-corrected chi connectivity index (χ0v) is 19.0. The van der Waals surface area contributed by atoms with E-state index in [1.165, 1.54) is 11.1 Å². The van der Waals surface area contributed by atoms with Gasteiger partial charge in [-0.25, -0.2) is 0 Å². The second-order valence-electron chi connectivity index (χ2n) is 9.00. The number of rotatable bonds is 5. The molecule has 5 nitrogen and oxygen atoms in total. The fourth-order valence-corrected chi connectivity index (χ4v) is 4.99. The van der Waals surface area contributed by atoms with Crippen molar-refractivity contribution in [2.75, 3.05) is 20.1 Å². The Morgan fingerprint density at radius 3 is 2.67 bits per heavy atom. The maximum Gasteiger partial charge on any atom is 0.491 e. The summed E-state index contributed by atoms with van der Waals surface area (Å²) >= 11 is 0. The molecule has 33 heavy (non-hydrogen) atoms. The summed E-state index contributed by atoms with van der Waals surface area (Å²) in [4.78, 5) is 15.2. The van der Waals surface area contributed by atoms with Gasteiger partial charge in [-0.05, 0) is 71.2 Å². The molecule has 3 aromatic rings. The van der Waals surface area contributed by atoms with Crippen LogP contribution in [0.5, 0.6) is 0 Å². The van der Waals surface area contributed by atoms with Crippen molar-refractivity contribution in [2.24, 2.45) is 0 Å². The Kier molecular flexibility index (Phi) is 6.31. The van der Waals surface area contributed by atoms with Crippen LogP contribution in [0.15, 0.2) is 66.7 Å². The van der Waals surface area contributed by atoms with E-state index in [9.17, 15) is 9.82 Å². The molecule has 1 fully saturated rings. The first-order valence-electron chi connectivity index (χ1n) is 11.7. The van der Waals surface area contributed by atoms with Crippen LogP contribution in [0.1, 0.15) is 45.8 Å². The fourth-order valence-electron chi connectivity index (χ4n) is 4.99. The molecular formula is C27H29BN2O3. The van der Waals surface area contributed by atoms with Crippen molar-refractivity contribution >= 4 is 18.5 Å². The Morgan fingerprint density at radius 2 is 1.85 bits per heavy atom. The molecule has 0 saturated carbocycles. The van der Waals surface area contributed by atoms with E-state index < -0.39 is 7.12 Å². The molecule has 3 aromatic carbocycles. The summed E-state index contributed by atoms with van der Waals surface area (Å²) in [6.45, 7) is 2.85. The first-order chi connectivity index (χ1) is 16.1. The van der Waals surface area contributed by atoms with Gasteiger partial charge in [-0.1, -0.05) is 54.6 Å². The van der Waals surface area contributed by atoms with Crippen LogP contribution in [0, 0.1) is 0 Å². The smallest absolute Gasteiger partial charge is 0.423 e. The Hall–Kier alpha value is -2.93. The SMILES string of the molecule is CNCc1cccc(C2CCN(C(=O)c3cccc(-c4ccc5c(c4)B(O)OC5)c3)CC2)c1. The number of nitrogens with one attached hydrogen (secondary N) is 1. The van der Waals surface area contributed by atoms with Crippen molar-refractivity contribution in [3.8, 4) is 11.1 Å². The molecule has 0 bridgehead atoms. The lowest BCUT2D eigenvalue weighted by Gasteiger charge is -2.32. The predicted molar refractivity (Wildman–Crippen MR) is 131 cm³/mol. The lowest BCUT2D eigenvalue weighted by molar-refractivity contribution is 0.0713. The number of carbonyl (C=O) groups excluding carboxylic acids is 1. The number of hydrogen-bond donors (Lipinski definition) is 2. The molecule has 0 atom stereocenters. The third kappa shape index (κ3) is 4.60. The monoisotopic (exact) mass is 440 g/mol. The minimum absolute atomic E-state index is 0.0868. The predicted octanol–water partition coefficient (Wildman–Crippen LogP) is 3.31. The normalized spacial score (nSPS) is 16.2. The number of benzene rings is 3. The number of fused-ring (bicyclic) bond motifs is 1. The Morgan fingerprint density at radius 1 is 1.06 bits per heavy atom. The van der Waals surface area contributed by atoms with Crippen molar-refractivity contribution in [1.29, 1.82) is 0 Å². The van der Waals surface area contributed by atoms with Crippen LogP contribution < -0.4 is 10.8 Å². The molecule has 0 aliphatic carbocycles. The van der Waals surface area contributed by atoms with Gasteiger partial charge in [0, 0.05) is 25.2 Å². The van der Waals surface area contributed by atoms with Gasteiger partial charge in [-0.2, -0.15) is 0 Å². The van der Waals surface area contributed by atoms with Gasteiger partial charge in [0.1, 0.15) is 0 Å². The maximum absolute atomic E-state index is 13.3. The van der Waals surface area contributed by atoms with E-state index in [1.54, 1.807) is 0 Å². The van der Waals surface area contributed by atoms with Gasteiger partial charge in [0.15, 0.2) is 0 Å². The van der Waals surface area contributed by atoms with Gasteiger partial charge in [0.2, 0.25) is 0 Å². The molecule has 6 heteroatoms. The van der Waals surface area contributed by atoms with E-state index in [1.807, 2.05) is 54.4 Å². The Labute approximate surface area is 195 Å². The van der Waals surface area contributed by atoms with Gasteiger partial charge >= 0.3 is 7.12 Å². The quantitative estimate of drug-likeness (QED) is 0.598. The van der Waals surface area contributed by atoms with E-state index in [0.717, 1.165) is 54.6 Å². The van der Waals surface area contributed by atoms with Crippen molar-refractivity contribution in [3.63, 3.8) is 0 Å². The lowest BCUT2D eigenvalue weighted by Crippen LogP contribution is -2.37. The van der Waals surface area contributed by atoms with Crippen molar-refractivity contribution < 1.29 is 14.5 Å². The van der Waals surface area contributed by atoms with Crippen LogP contribution in [0.25, 0.3) is 11.1 Å². The number of likely N-dealkylation sites (tertiary alicyclic amines) is 1. The summed E-state index contributed by atoms with van der Waals surface area (Å²) in [5.41, 5.74) is 7.16. The second kappa shape index (κ2) is 9.52. The number of nitrogens with zero attached hydrogens (tertiary/aromatic N) is 1. The molecule has 168 valence electrons. The third-order valence-corrected chi connectivity index (χ3v) is 6.84. The summed E-state index contributed by atoms with van der Waals surface area (Å²) in [5.74, 6) is 0.584. The molecular weight excluding hydrogens is 411 g/mol. The van der Waals surface area contributed by atoms with E-state index in [4.69, 9.17) is 4.65 Å². The third-order valence-electron chi connectivity index (χ3n) is 6.84. The number of piperidine rings is 1. The first kappa shape index (κ1) is 21.9. The molecule has 2 heterocycles. The van der Waals surface area contributed by atoms with E-state index >= 15 is 0 Å². The molecule has 1 amide bonds. The van der Waals surface area contributed by atoms with Crippen LogP contribution >= 0.6 is 0 Å². The van der Waals surface area contributed by atoms with Crippen molar-refractivity contribution in [3.05, 3.63) is 89.0 Å². The highest BCUT2D eigenvalue weighted by atomic mass is 16.5. The van der Waals surface area contributed by atoms with Crippen LogP contribution in [0.3, 0.4) is 0 Å². The van der Waals surface area contributed by atoms with Gasteiger partial charge < -0.3 is 19.9 Å². The average molecular weight is 440 g/mol. The minimum Gasteiger partial charge on any atom is -0.423 e. The summed E-state index contributed by atoms with van der Waals surface area (Å²) in [6.07, 6.45) is 1.97. The zero-order chi connectivity index (χ0) is 22.8. The van der Waals surface area contributed by atoms with Crippen LogP contribution in [-0.2, 0) is 17.8 Å². The van der Waals surface area contributed by atoms with Gasteiger partial charge in [0.25, 0.3) is 5.91 Å². The standard InChI is InChI=1S/C27H29BN2O3/c1-29-17-19-4-2-5-21(14-19)20-10-12-30(13-11-20)27(31)24-7-3-6-22(15-24)23-8-9-25-18-33-28(32)26(25)16-23/h2-9,14-16,20,29,32H,10-13,17-18H2,1H3. The zero-order valence-electron chi connectivity index (χ0n) is 19.0. The number of amides is 1. The molecule has 0 aromatic heterocycles. The van der Waals surface area contributed by atoms with Gasteiger partial charge in [-0.3, -0.25) is 4.79 Å². The largest absolute Gasteiger partial charge is 0.491 e. The van der Waals surface area contributed by atoms with Crippen LogP contribution in [-0.4, -0.2) is 43.1 Å². The highest BCUT2D eigenvalue weighted by Gasteiger charge is 2.28. The topological polar surface area (TPSA) is 61.8 Å². The summed E-state index contributed by atoms with van der Waals surface area (Å²) in [5, 5.41) is 13.2. The van der Waals surface area contributed by atoms with E-state index in [-0.39, 0.29) is 5.91 Å². The molecule has 0 spiro atoms. The molecule has 2 aliphatic heterocycles. The summed E-state index contributed by atoms with van der Waals surface area (Å²) in [6, 6.07) is 22.6. The van der Waals surface area contributed by atoms with E-state index in [2.05, 4.69) is 29.6 Å². The Balaban J connectivity index is 1.27. The van der Waals surface area contributed by atoms with E-state index in [0.29, 0.717) is 18.1 Å². The molecule has 0 radical (unpaired) electrons. The van der Waals surface area contributed by atoms with Crippen LogP contribution in [0.4, 0.5) is 0 Å². The van der Waals surface area contributed by atoms with Crippen molar-refractivity contribution in [1.82, 2.24) is 10.2 Å². The average Bonchev–Trinajstić information content (AvgIpc) is 3.24. The minimum atomic E-state index is -0.870. The van der Waals surface area contributed by atoms with Gasteiger partial charge in [-0.15, -0.1) is 0 Å². The summed E-state index contributed by atoms with van der Waals surface area (Å²) in [7, 11) is 1.10.